The first-order valence-electron chi connectivity index (χ1n) is 9.92. The van der Waals surface area contributed by atoms with Crippen molar-refractivity contribution in [2.45, 2.75) is 37.4 Å². The number of para-hydroxylation sites is 2. The molecule has 0 aliphatic heterocycles. The molecule has 1 aliphatic rings. The molecule has 0 unspecified atom stereocenters. The summed E-state index contributed by atoms with van der Waals surface area (Å²) in [5.74, 6) is 0. The Labute approximate surface area is 180 Å². The average Bonchev–Trinajstić information content (AvgIpc) is 2.73. The lowest BCUT2D eigenvalue weighted by molar-refractivity contribution is -0.383. The second-order valence-corrected chi connectivity index (χ2v) is 9.85. The monoisotopic (exact) mass is 447 g/mol. The molecule has 0 atom stereocenters. The molecule has 0 saturated heterocycles. The van der Waals surface area contributed by atoms with Gasteiger partial charge in [0.25, 0.3) is 5.69 Å². The Morgan fingerprint density at radius 3 is 2.35 bits per heavy atom. The van der Waals surface area contributed by atoms with Gasteiger partial charge in [0, 0.05) is 11.5 Å². The number of carbonyl (C=O) groups is 1. The molecule has 2 aromatic carbocycles. The number of benzene rings is 2. The quantitative estimate of drug-likeness (QED) is 0.468. The Kier molecular flexibility index (Phi) is 6.79. The van der Waals surface area contributed by atoms with Gasteiger partial charge in [-0.05, 0) is 43.7 Å². The van der Waals surface area contributed by atoms with E-state index < -0.39 is 31.7 Å². The number of carbonyl (C=O) groups excluding carboxylic acids is 1. The van der Waals surface area contributed by atoms with Crippen molar-refractivity contribution in [3.8, 4) is 0 Å². The van der Waals surface area contributed by atoms with Gasteiger partial charge in [0.1, 0.15) is 5.69 Å². The van der Waals surface area contributed by atoms with Crippen LogP contribution < -0.4 is 10.5 Å². The van der Waals surface area contributed by atoms with Crippen molar-refractivity contribution in [3.05, 3.63) is 70.3 Å². The molecule has 0 spiro atoms. The third-order valence-corrected chi connectivity index (χ3v) is 7.58. The standard InChI is InChI=1S/C21H25N3O6S/c22-20(25)30-15-21(14-16-6-2-1-3-7-16)12-10-17(11-13-21)31(28,29)23-18-8-4-5-9-19(18)24(26)27/h1-9,17,23H,10-15H2,(H2,22,25). The van der Waals surface area contributed by atoms with Gasteiger partial charge in [0.2, 0.25) is 10.0 Å². The maximum atomic E-state index is 12.9. The van der Waals surface area contributed by atoms with E-state index in [1.807, 2.05) is 30.3 Å². The average molecular weight is 448 g/mol. The summed E-state index contributed by atoms with van der Waals surface area (Å²) in [4.78, 5) is 21.8. The van der Waals surface area contributed by atoms with Gasteiger partial charge in [-0.25, -0.2) is 13.2 Å². The van der Waals surface area contributed by atoms with Gasteiger partial charge in [0.15, 0.2) is 0 Å². The number of hydrogen-bond donors (Lipinski definition) is 2. The minimum absolute atomic E-state index is 0.0503. The summed E-state index contributed by atoms with van der Waals surface area (Å²) in [6.45, 7) is 0.113. The Morgan fingerprint density at radius 1 is 1.13 bits per heavy atom. The summed E-state index contributed by atoms with van der Waals surface area (Å²) in [7, 11) is -3.83. The van der Waals surface area contributed by atoms with Crippen LogP contribution in [0.5, 0.6) is 0 Å². The molecule has 1 amide bonds. The van der Waals surface area contributed by atoms with E-state index >= 15 is 0 Å². The molecule has 0 radical (unpaired) electrons. The molecule has 10 heteroatoms. The highest BCUT2D eigenvalue weighted by atomic mass is 32.2. The van der Waals surface area contributed by atoms with E-state index in [-0.39, 0.29) is 18.0 Å². The first-order valence-corrected chi connectivity index (χ1v) is 11.5. The zero-order valence-electron chi connectivity index (χ0n) is 16.9. The van der Waals surface area contributed by atoms with Gasteiger partial charge in [-0.1, -0.05) is 42.5 Å². The third kappa shape index (κ3) is 5.72. The maximum Gasteiger partial charge on any atom is 0.404 e. The van der Waals surface area contributed by atoms with Crippen LogP contribution in [0.2, 0.25) is 0 Å². The van der Waals surface area contributed by atoms with Gasteiger partial charge < -0.3 is 10.5 Å². The summed E-state index contributed by atoms with van der Waals surface area (Å²) in [5, 5.41) is 10.5. The molecule has 166 valence electrons. The van der Waals surface area contributed by atoms with Crippen molar-refractivity contribution in [2.75, 3.05) is 11.3 Å². The SMILES string of the molecule is NC(=O)OCC1(Cc2ccccc2)CCC(S(=O)(=O)Nc2ccccc2[N+](=O)[O-])CC1. The van der Waals surface area contributed by atoms with Crippen molar-refractivity contribution in [1.82, 2.24) is 0 Å². The van der Waals surface area contributed by atoms with Crippen LogP contribution in [-0.4, -0.2) is 31.3 Å². The molecule has 1 fully saturated rings. The Morgan fingerprint density at radius 2 is 1.74 bits per heavy atom. The zero-order chi connectivity index (χ0) is 22.5. The third-order valence-electron chi connectivity index (χ3n) is 5.73. The molecular formula is C21H25N3O6S. The molecule has 2 aromatic rings. The first-order chi connectivity index (χ1) is 14.7. The highest BCUT2D eigenvalue weighted by Crippen LogP contribution is 2.42. The number of sulfonamides is 1. The number of nitro groups is 1. The first kappa shape index (κ1) is 22.5. The van der Waals surface area contributed by atoms with Crippen LogP contribution in [0.1, 0.15) is 31.2 Å². The lowest BCUT2D eigenvalue weighted by atomic mass is 9.71. The number of nitrogens with one attached hydrogen (secondary N) is 1. The van der Waals surface area contributed by atoms with E-state index in [0.29, 0.717) is 32.1 Å². The Hall–Kier alpha value is -3.14. The van der Waals surface area contributed by atoms with E-state index in [1.165, 1.54) is 24.3 Å². The van der Waals surface area contributed by atoms with Crippen LogP contribution in [-0.2, 0) is 21.2 Å². The summed E-state index contributed by atoms with van der Waals surface area (Å²) < 4.78 is 33.4. The normalized spacial score (nSPS) is 21.2. The van der Waals surface area contributed by atoms with Gasteiger partial charge in [-0.2, -0.15) is 0 Å². The van der Waals surface area contributed by atoms with Gasteiger partial charge in [-0.3, -0.25) is 14.8 Å². The number of anilines is 1. The van der Waals surface area contributed by atoms with Crippen molar-refractivity contribution < 1.29 is 22.9 Å². The van der Waals surface area contributed by atoms with E-state index in [0.717, 1.165) is 5.56 Å². The maximum absolute atomic E-state index is 12.9. The highest BCUT2D eigenvalue weighted by Gasteiger charge is 2.41. The molecule has 3 N–H and O–H groups in total. The van der Waals surface area contributed by atoms with Gasteiger partial charge in [-0.15, -0.1) is 0 Å². The van der Waals surface area contributed by atoms with E-state index in [1.54, 1.807) is 0 Å². The number of primary amides is 1. The molecule has 3 rings (SSSR count). The zero-order valence-corrected chi connectivity index (χ0v) is 17.7. The van der Waals surface area contributed by atoms with Crippen molar-refractivity contribution in [1.29, 1.82) is 0 Å². The fourth-order valence-electron chi connectivity index (χ4n) is 4.09. The van der Waals surface area contributed by atoms with Crippen LogP contribution in [0, 0.1) is 15.5 Å². The van der Waals surface area contributed by atoms with Gasteiger partial charge >= 0.3 is 6.09 Å². The predicted molar refractivity (Wildman–Crippen MR) is 116 cm³/mol. The fraction of sp³-hybridized carbons (Fsp3) is 0.381. The second-order valence-electron chi connectivity index (χ2n) is 7.89. The second kappa shape index (κ2) is 9.34. The lowest BCUT2D eigenvalue weighted by Gasteiger charge is -2.39. The minimum Gasteiger partial charge on any atom is -0.449 e. The molecule has 0 bridgehead atoms. The largest absolute Gasteiger partial charge is 0.449 e. The molecule has 1 aliphatic carbocycles. The number of rotatable bonds is 8. The van der Waals surface area contributed by atoms with Crippen LogP contribution in [0.4, 0.5) is 16.2 Å². The molecule has 0 aromatic heterocycles. The Balaban J connectivity index is 1.74. The minimum atomic E-state index is -3.83. The molecular weight excluding hydrogens is 422 g/mol. The topological polar surface area (TPSA) is 142 Å². The fourth-order valence-corrected chi connectivity index (χ4v) is 5.60. The smallest absolute Gasteiger partial charge is 0.404 e. The van der Waals surface area contributed by atoms with E-state index in [4.69, 9.17) is 10.5 Å². The van der Waals surface area contributed by atoms with Crippen LogP contribution >= 0.6 is 0 Å². The predicted octanol–water partition coefficient (Wildman–Crippen LogP) is 3.60. The number of amides is 1. The Bertz CT molecular complexity index is 1030. The van der Waals surface area contributed by atoms with Crippen molar-refractivity contribution in [3.63, 3.8) is 0 Å². The van der Waals surface area contributed by atoms with Crippen molar-refractivity contribution in [2.24, 2.45) is 11.1 Å². The van der Waals surface area contributed by atoms with Crippen LogP contribution in [0.25, 0.3) is 0 Å². The summed E-state index contributed by atoms with van der Waals surface area (Å²) in [6.07, 6.45) is 1.47. The van der Waals surface area contributed by atoms with Crippen molar-refractivity contribution >= 4 is 27.5 Å². The number of nitrogens with zero attached hydrogens (tertiary/aromatic N) is 1. The van der Waals surface area contributed by atoms with Gasteiger partial charge in [0.05, 0.1) is 16.8 Å². The van der Waals surface area contributed by atoms with Crippen LogP contribution in [0.3, 0.4) is 0 Å². The van der Waals surface area contributed by atoms with E-state index in [2.05, 4.69) is 4.72 Å². The number of ether oxygens (including phenoxy) is 1. The molecule has 31 heavy (non-hydrogen) atoms. The summed E-state index contributed by atoms with van der Waals surface area (Å²) in [5.41, 5.74) is 5.46. The number of hydrogen-bond acceptors (Lipinski definition) is 6. The number of nitrogens with two attached hydrogens (primary N) is 1. The number of nitro benzene ring substituents is 1. The molecule has 9 nitrogen and oxygen atoms in total. The van der Waals surface area contributed by atoms with E-state index in [9.17, 15) is 23.3 Å². The summed E-state index contributed by atoms with van der Waals surface area (Å²) >= 11 is 0. The summed E-state index contributed by atoms with van der Waals surface area (Å²) in [6, 6.07) is 15.4. The van der Waals surface area contributed by atoms with Crippen LogP contribution in [0.15, 0.2) is 54.6 Å². The molecule has 1 saturated carbocycles. The highest BCUT2D eigenvalue weighted by molar-refractivity contribution is 7.93. The lowest BCUT2D eigenvalue weighted by Crippen LogP contribution is -2.40. The molecule has 0 heterocycles.